The molecular weight excluding hydrogens is 386 g/mol. The molecule has 0 unspecified atom stereocenters. The third-order valence-electron chi connectivity index (χ3n) is 5.79. The van der Waals surface area contributed by atoms with Gasteiger partial charge in [-0.3, -0.25) is 19.1 Å². The molecule has 30 heavy (non-hydrogen) atoms. The molecule has 1 spiro atoms. The molecule has 2 aromatic rings. The maximum absolute atomic E-state index is 12.7. The minimum Gasteiger partial charge on any atom is -0.443 e. The van der Waals surface area contributed by atoms with E-state index >= 15 is 0 Å². The zero-order valence-corrected chi connectivity index (χ0v) is 16.7. The van der Waals surface area contributed by atoms with Gasteiger partial charge < -0.3 is 15.1 Å². The van der Waals surface area contributed by atoms with Gasteiger partial charge in [0.15, 0.2) is 0 Å². The van der Waals surface area contributed by atoms with Crippen LogP contribution in [0.15, 0.2) is 28.9 Å². The maximum Gasteiger partial charge on any atom is 0.325 e. The number of imide groups is 1. The van der Waals surface area contributed by atoms with Crippen molar-refractivity contribution >= 4 is 17.8 Å². The van der Waals surface area contributed by atoms with Gasteiger partial charge in [0, 0.05) is 25.5 Å². The summed E-state index contributed by atoms with van der Waals surface area (Å²) in [4.78, 5) is 38.7. The Morgan fingerprint density at radius 2 is 2.00 bits per heavy atom. The molecule has 156 valence electrons. The Hall–Kier alpha value is -3.54. The van der Waals surface area contributed by atoms with Crippen LogP contribution < -0.4 is 10.6 Å². The van der Waals surface area contributed by atoms with Gasteiger partial charge in [-0.1, -0.05) is 12.8 Å². The molecular formula is C21H23N5O4. The Morgan fingerprint density at radius 3 is 2.67 bits per heavy atom. The summed E-state index contributed by atoms with van der Waals surface area (Å²) in [6.07, 6.45) is 7.13. The minimum absolute atomic E-state index is 0.162. The van der Waals surface area contributed by atoms with E-state index in [2.05, 4.69) is 10.6 Å². The molecule has 4 amide bonds. The average molecular weight is 409 g/mol. The van der Waals surface area contributed by atoms with Gasteiger partial charge in [-0.15, -0.1) is 0 Å². The van der Waals surface area contributed by atoms with Crippen LogP contribution in [0.1, 0.15) is 53.8 Å². The summed E-state index contributed by atoms with van der Waals surface area (Å²) in [6.45, 7) is 2.13. The third kappa shape index (κ3) is 3.24. The normalized spacial score (nSPS) is 17.4. The van der Waals surface area contributed by atoms with Crippen molar-refractivity contribution in [3.05, 3.63) is 41.4 Å². The molecule has 1 saturated carbocycles. The number of carbonyl (C=O) groups excluding carboxylic acids is 3. The standard InChI is InChI=1S/C21H23N5O4/c1-14-16(15(13-22)18(30-14)25-10-4-5-11-25)17(27)23-9-6-12-26-19(28)21(24-20(26)29)7-2-3-8-21/h4-5,10-11H,2-3,6-9,12H2,1H3,(H,23,27)(H,24,29). The predicted octanol–water partition coefficient (Wildman–Crippen LogP) is 2.23. The second-order valence-electron chi connectivity index (χ2n) is 7.70. The van der Waals surface area contributed by atoms with Gasteiger partial charge in [0.2, 0.25) is 5.88 Å². The van der Waals surface area contributed by atoms with Crippen LogP contribution in [-0.2, 0) is 4.79 Å². The van der Waals surface area contributed by atoms with Crippen molar-refractivity contribution in [3.63, 3.8) is 0 Å². The molecule has 0 atom stereocenters. The smallest absolute Gasteiger partial charge is 0.325 e. The number of nitrogens with zero attached hydrogens (tertiary/aromatic N) is 3. The van der Waals surface area contributed by atoms with Gasteiger partial charge in [-0.05, 0) is 38.3 Å². The van der Waals surface area contributed by atoms with Gasteiger partial charge in [0.05, 0.1) is 0 Å². The lowest BCUT2D eigenvalue weighted by molar-refractivity contribution is -0.131. The van der Waals surface area contributed by atoms with Crippen LogP contribution >= 0.6 is 0 Å². The highest BCUT2D eigenvalue weighted by Crippen LogP contribution is 2.35. The van der Waals surface area contributed by atoms with E-state index in [9.17, 15) is 19.6 Å². The molecule has 0 aromatic carbocycles. The van der Waals surface area contributed by atoms with Gasteiger partial charge in [0.25, 0.3) is 11.8 Å². The van der Waals surface area contributed by atoms with Crippen molar-refractivity contribution in [1.29, 1.82) is 5.26 Å². The summed E-state index contributed by atoms with van der Waals surface area (Å²) >= 11 is 0. The molecule has 1 saturated heterocycles. The number of rotatable bonds is 6. The number of nitriles is 1. The first-order chi connectivity index (χ1) is 14.5. The summed E-state index contributed by atoms with van der Waals surface area (Å²) in [5.74, 6) is 0.0668. The van der Waals surface area contributed by atoms with E-state index in [1.54, 1.807) is 36.0 Å². The minimum atomic E-state index is -0.717. The summed E-state index contributed by atoms with van der Waals surface area (Å²) in [5, 5.41) is 15.1. The number of aromatic nitrogens is 1. The molecule has 9 heteroatoms. The molecule has 9 nitrogen and oxygen atoms in total. The number of aryl methyl sites for hydroxylation is 1. The zero-order chi connectivity index (χ0) is 21.3. The molecule has 2 aromatic heterocycles. The van der Waals surface area contributed by atoms with Gasteiger partial charge in [-0.25, -0.2) is 4.79 Å². The first kappa shape index (κ1) is 19.8. The maximum atomic E-state index is 12.7. The van der Waals surface area contributed by atoms with Crippen LogP contribution in [0, 0.1) is 18.3 Å². The van der Waals surface area contributed by atoms with Crippen molar-refractivity contribution in [2.24, 2.45) is 0 Å². The monoisotopic (exact) mass is 409 g/mol. The number of nitrogens with one attached hydrogen (secondary N) is 2. The summed E-state index contributed by atoms with van der Waals surface area (Å²) < 4.78 is 7.28. The van der Waals surface area contributed by atoms with Crippen LogP contribution in [0.25, 0.3) is 5.88 Å². The number of carbonyl (C=O) groups is 3. The van der Waals surface area contributed by atoms with E-state index in [0.717, 1.165) is 12.8 Å². The van der Waals surface area contributed by atoms with Crippen molar-refractivity contribution in [2.45, 2.75) is 44.6 Å². The summed E-state index contributed by atoms with van der Waals surface area (Å²) in [5.41, 5.74) is -0.357. The number of furan rings is 1. The van der Waals surface area contributed by atoms with Crippen molar-refractivity contribution in [2.75, 3.05) is 13.1 Å². The zero-order valence-electron chi connectivity index (χ0n) is 16.7. The van der Waals surface area contributed by atoms with Crippen LogP contribution in [0.5, 0.6) is 0 Å². The summed E-state index contributed by atoms with van der Waals surface area (Å²) in [7, 11) is 0. The Morgan fingerprint density at radius 1 is 1.30 bits per heavy atom. The first-order valence-electron chi connectivity index (χ1n) is 10.1. The topological polar surface area (TPSA) is 120 Å². The van der Waals surface area contributed by atoms with Crippen LogP contribution in [0.3, 0.4) is 0 Å². The fourth-order valence-corrected chi connectivity index (χ4v) is 4.28. The molecule has 1 aliphatic carbocycles. The molecule has 3 heterocycles. The Kier molecular flexibility index (Phi) is 5.08. The predicted molar refractivity (Wildman–Crippen MR) is 106 cm³/mol. The molecule has 1 aliphatic heterocycles. The van der Waals surface area contributed by atoms with E-state index in [0.29, 0.717) is 30.9 Å². The van der Waals surface area contributed by atoms with E-state index in [1.165, 1.54) is 4.90 Å². The number of amides is 4. The van der Waals surface area contributed by atoms with Crippen LogP contribution in [0.2, 0.25) is 0 Å². The highest BCUT2D eigenvalue weighted by Gasteiger charge is 2.51. The van der Waals surface area contributed by atoms with Gasteiger partial charge >= 0.3 is 6.03 Å². The third-order valence-corrected chi connectivity index (χ3v) is 5.79. The lowest BCUT2D eigenvalue weighted by atomic mass is 9.98. The van der Waals surface area contributed by atoms with Crippen molar-refractivity contribution in [3.8, 4) is 12.0 Å². The first-order valence-corrected chi connectivity index (χ1v) is 10.1. The van der Waals surface area contributed by atoms with E-state index in [1.807, 2.05) is 6.07 Å². The molecule has 2 aliphatic rings. The molecule has 0 radical (unpaired) electrons. The van der Waals surface area contributed by atoms with Crippen molar-refractivity contribution < 1.29 is 18.8 Å². The number of hydrogen-bond acceptors (Lipinski definition) is 5. The lowest BCUT2D eigenvalue weighted by Crippen LogP contribution is -2.44. The van der Waals surface area contributed by atoms with E-state index in [-0.39, 0.29) is 36.2 Å². The molecule has 2 N–H and O–H groups in total. The molecule has 0 bridgehead atoms. The van der Waals surface area contributed by atoms with Gasteiger partial charge in [0.1, 0.15) is 28.5 Å². The number of urea groups is 1. The van der Waals surface area contributed by atoms with Crippen LogP contribution in [0.4, 0.5) is 4.79 Å². The highest BCUT2D eigenvalue weighted by molar-refractivity contribution is 6.07. The second-order valence-corrected chi connectivity index (χ2v) is 7.70. The quantitative estimate of drug-likeness (QED) is 0.560. The van der Waals surface area contributed by atoms with Crippen LogP contribution in [-0.4, -0.2) is 45.9 Å². The average Bonchev–Trinajstić information content (AvgIpc) is 3.49. The largest absolute Gasteiger partial charge is 0.443 e. The lowest BCUT2D eigenvalue weighted by Gasteiger charge is -2.20. The summed E-state index contributed by atoms with van der Waals surface area (Å²) in [6, 6.07) is 5.28. The van der Waals surface area contributed by atoms with E-state index < -0.39 is 11.4 Å². The second kappa shape index (κ2) is 7.71. The Bertz CT molecular complexity index is 1020. The highest BCUT2D eigenvalue weighted by atomic mass is 16.4. The van der Waals surface area contributed by atoms with E-state index in [4.69, 9.17) is 4.42 Å². The number of hydrogen-bond donors (Lipinski definition) is 2. The van der Waals surface area contributed by atoms with Crippen molar-refractivity contribution in [1.82, 2.24) is 20.1 Å². The molecule has 2 fully saturated rings. The SMILES string of the molecule is Cc1oc(-n2cccc2)c(C#N)c1C(=O)NCCCN1C(=O)NC2(CCCC2)C1=O. The molecule has 4 rings (SSSR count). The Balaban J connectivity index is 1.36. The fourth-order valence-electron chi connectivity index (χ4n) is 4.28. The fraction of sp³-hybridized carbons (Fsp3) is 0.429. The Labute approximate surface area is 173 Å². The van der Waals surface area contributed by atoms with Gasteiger partial charge in [-0.2, -0.15) is 5.26 Å².